The first-order chi connectivity index (χ1) is 12.0. The second-order valence-electron chi connectivity index (χ2n) is 6.72. The first-order valence-electron chi connectivity index (χ1n) is 8.80. The lowest BCUT2D eigenvalue weighted by atomic mass is 9.87. The molecule has 0 saturated heterocycles. The van der Waals surface area contributed by atoms with Gasteiger partial charge in [-0.15, -0.1) is 0 Å². The molecule has 140 valence electrons. The summed E-state index contributed by atoms with van der Waals surface area (Å²) in [7, 11) is 4.92. The smallest absolute Gasteiger partial charge is 0.318 e. The summed E-state index contributed by atoms with van der Waals surface area (Å²) in [6.45, 7) is 6.07. The third-order valence-electron chi connectivity index (χ3n) is 4.54. The maximum absolute atomic E-state index is 12.7. The Labute approximate surface area is 150 Å². The van der Waals surface area contributed by atoms with Crippen molar-refractivity contribution >= 4 is 6.03 Å². The molecule has 0 saturated carbocycles. The molecule has 6 nitrogen and oxygen atoms in total. The van der Waals surface area contributed by atoms with E-state index in [0.717, 1.165) is 24.2 Å². The van der Waals surface area contributed by atoms with Gasteiger partial charge in [0.2, 0.25) is 0 Å². The Morgan fingerprint density at radius 1 is 1.24 bits per heavy atom. The summed E-state index contributed by atoms with van der Waals surface area (Å²) in [6.07, 6.45) is 1.71. The molecule has 1 aliphatic rings. The van der Waals surface area contributed by atoms with Crippen molar-refractivity contribution in [2.24, 2.45) is 5.92 Å². The highest BCUT2D eigenvalue weighted by Crippen LogP contribution is 2.40. The number of nitrogens with one attached hydrogen (secondary N) is 1. The lowest BCUT2D eigenvalue weighted by Crippen LogP contribution is -2.46. The van der Waals surface area contributed by atoms with Crippen LogP contribution in [0.2, 0.25) is 0 Å². The Hall–Kier alpha value is -1.95. The molecule has 1 atom stereocenters. The minimum absolute atomic E-state index is 0.0334. The van der Waals surface area contributed by atoms with Gasteiger partial charge in [-0.05, 0) is 42.0 Å². The van der Waals surface area contributed by atoms with Gasteiger partial charge in [-0.25, -0.2) is 4.79 Å². The van der Waals surface area contributed by atoms with Crippen molar-refractivity contribution in [3.05, 3.63) is 23.3 Å². The van der Waals surface area contributed by atoms with E-state index in [2.05, 4.69) is 19.2 Å². The minimum atomic E-state index is -0.0388. The Morgan fingerprint density at radius 3 is 2.52 bits per heavy atom. The van der Waals surface area contributed by atoms with E-state index in [-0.39, 0.29) is 12.1 Å². The van der Waals surface area contributed by atoms with Crippen LogP contribution in [0, 0.1) is 5.92 Å². The average Bonchev–Trinajstić information content (AvgIpc) is 2.60. The summed E-state index contributed by atoms with van der Waals surface area (Å²) in [4.78, 5) is 14.6. The van der Waals surface area contributed by atoms with Gasteiger partial charge in [0.05, 0.1) is 26.9 Å². The predicted octanol–water partition coefficient (Wildman–Crippen LogP) is 3.01. The van der Waals surface area contributed by atoms with E-state index in [1.165, 1.54) is 5.56 Å². The molecular weight excluding hydrogens is 320 g/mol. The van der Waals surface area contributed by atoms with E-state index in [1.807, 2.05) is 17.0 Å². The number of carbonyl (C=O) groups is 1. The minimum Gasteiger partial charge on any atom is -0.493 e. The zero-order valence-electron chi connectivity index (χ0n) is 15.9. The summed E-state index contributed by atoms with van der Waals surface area (Å²) in [5, 5.41) is 2.94. The molecule has 2 rings (SSSR count). The van der Waals surface area contributed by atoms with Crippen LogP contribution >= 0.6 is 0 Å². The molecule has 0 bridgehead atoms. The van der Waals surface area contributed by atoms with E-state index < -0.39 is 0 Å². The normalized spacial score (nSPS) is 16.6. The Bertz CT molecular complexity index is 589. The van der Waals surface area contributed by atoms with Gasteiger partial charge in [0.1, 0.15) is 0 Å². The lowest BCUT2D eigenvalue weighted by Gasteiger charge is -2.38. The molecule has 0 radical (unpaired) electrons. The number of urea groups is 1. The number of methoxy groups -OCH3 is 3. The van der Waals surface area contributed by atoms with E-state index in [0.29, 0.717) is 31.4 Å². The van der Waals surface area contributed by atoms with E-state index in [1.54, 1.807) is 21.3 Å². The SMILES string of the molecule is COCCNC(=O)N1CCc2cc(OC)c(OC)cc2C1CC(C)C. The van der Waals surface area contributed by atoms with Gasteiger partial charge in [-0.1, -0.05) is 13.8 Å². The molecule has 25 heavy (non-hydrogen) atoms. The van der Waals surface area contributed by atoms with Crippen LogP contribution in [0.1, 0.15) is 37.4 Å². The third-order valence-corrected chi connectivity index (χ3v) is 4.54. The molecule has 1 N–H and O–H groups in total. The van der Waals surface area contributed by atoms with E-state index in [9.17, 15) is 4.79 Å². The standard InChI is InChI=1S/C19H30N2O4/c1-13(2)10-16-15-12-18(25-5)17(24-4)11-14(15)6-8-21(16)19(22)20-7-9-23-3/h11-13,16H,6-10H2,1-5H3,(H,20,22). The molecule has 6 heteroatoms. The van der Waals surface area contributed by atoms with Crippen molar-refractivity contribution < 1.29 is 19.0 Å². The maximum atomic E-state index is 12.7. The van der Waals surface area contributed by atoms with Crippen LogP contribution in [0.4, 0.5) is 4.79 Å². The van der Waals surface area contributed by atoms with Gasteiger partial charge in [0, 0.05) is 20.2 Å². The van der Waals surface area contributed by atoms with Gasteiger partial charge in [0.25, 0.3) is 0 Å². The second kappa shape index (κ2) is 8.94. The average molecular weight is 350 g/mol. The number of benzene rings is 1. The predicted molar refractivity (Wildman–Crippen MR) is 97.4 cm³/mol. The molecule has 1 aromatic rings. The van der Waals surface area contributed by atoms with Gasteiger partial charge < -0.3 is 24.4 Å². The Morgan fingerprint density at radius 2 is 1.92 bits per heavy atom. The fourth-order valence-corrected chi connectivity index (χ4v) is 3.33. The van der Waals surface area contributed by atoms with Gasteiger partial charge in [-0.3, -0.25) is 0 Å². The molecule has 1 aromatic carbocycles. The zero-order chi connectivity index (χ0) is 18.4. The third kappa shape index (κ3) is 4.57. The monoisotopic (exact) mass is 350 g/mol. The first kappa shape index (κ1) is 19.4. The van der Waals surface area contributed by atoms with Crippen molar-refractivity contribution in [3.8, 4) is 11.5 Å². The first-order valence-corrected chi connectivity index (χ1v) is 8.80. The molecule has 0 spiro atoms. The molecule has 0 fully saturated rings. The topological polar surface area (TPSA) is 60.0 Å². The highest BCUT2D eigenvalue weighted by Gasteiger charge is 2.32. The number of amides is 2. The van der Waals surface area contributed by atoms with E-state index >= 15 is 0 Å². The summed E-state index contributed by atoms with van der Waals surface area (Å²) >= 11 is 0. The summed E-state index contributed by atoms with van der Waals surface area (Å²) < 4.78 is 15.9. The van der Waals surface area contributed by atoms with Crippen LogP contribution in [0.25, 0.3) is 0 Å². The number of ether oxygens (including phenoxy) is 3. The van der Waals surface area contributed by atoms with Crippen LogP contribution in [0.15, 0.2) is 12.1 Å². The van der Waals surface area contributed by atoms with Gasteiger partial charge >= 0.3 is 6.03 Å². The quantitative estimate of drug-likeness (QED) is 0.768. The number of hydrogen-bond donors (Lipinski definition) is 1. The highest BCUT2D eigenvalue weighted by molar-refractivity contribution is 5.75. The molecule has 0 aliphatic carbocycles. The molecular formula is C19H30N2O4. The van der Waals surface area contributed by atoms with Crippen molar-refractivity contribution in [2.45, 2.75) is 32.7 Å². The fraction of sp³-hybridized carbons (Fsp3) is 0.632. The molecule has 1 heterocycles. The highest BCUT2D eigenvalue weighted by atomic mass is 16.5. The fourth-order valence-electron chi connectivity index (χ4n) is 3.33. The molecule has 1 unspecified atom stereocenters. The van der Waals surface area contributed by atoms with Gasteiger partial charge in [-0.2, -0.15) is 0 Å². The zero-order valence-corrected chi connectivity index (χ0v) is 15.9. The molecule has 2 amide bonds. The van der Waals surface area contributed by atoms with Crippen LogP contribution in [-0.4, -0.2) is 52.0 Å². The summed E-state index contributed by atoms with van der Waals surface area (Å²) in [5.41, 5.74) is 2.38. The number of rotatable bonds is 7. The second-order valence-corrected chi connectivity index (χ2v) is 6.72. The number of hydrogen-bond acceptors (Lipinski definition) is 4. The maximum Gasteiger partial charge on any atom is 0.318 e. The van der Waals surface area contributed by atoms with Crippen molar-refractivity contribution in [3.63, 3.8) is 0 Å². The van der Waals surface area contributed by atoms with Crippen LogP contribution in [0.3, 0.4) is 0 Å². The Balaban J connectivity index is 2.32. The summed E-state index contributed by atoms with van der Waals surface area (Å²) in [5.74, 6) is 1.91. The molecule has 1 aliphatic heterocycles. The van der Waals surface area contributed by atoms with Crippen molar-refractivity contribution in [2.75, 3.05) is 41.0 Å². The number of carbonyl (C=O) groups excluding carboxylic acids is 1. The number of fused-ring (bicyclic) bond motifs is 1. The Kier molecular flexibility index (Phi) is 6.93. The van der Waals surface area contributed by atoms with Crippen molar-refractivity contribution in [1.29, 1.82) is 0 Å². The van der Waals surface area contributed by atoms with Crippen molar-refractivity contribution in [1.82, 2.24) is 10.2 Å². The number of nitrogens with zero attached hydrogens (tertiary/aromatic N) is 1. The largest absolute Gasteiger partial charge is 0.493 e. The van der Waals surface area contributed by atoms with Crippen LogP contribution < -0.4 is 14.8 Å². The summed E-state index contributed by atoms with van der Waals surface area (Å²) in [6, 6.07) is 4.06. The molecule has 0 aromatic heterocycles. The van der Waals surface area contributed by atoms with E-state index in [4.69, 9.17) is 14.2 Å². The van der Waals surface area contributed by atoms with Crippen LogP contribution in [0.5, 0.6) is 11.5 Å². The lowest BCUT2D eigenvalue weighted by molar-refractivity contribution is 0.151. The van der Waals surface area contributed by atoms with Crippen LogP contribution in [-0.2, 0) is 11.2 Å². The van der Waals surface area contributed by atoms with Gasteiger partial charge in [0.15, 0.2) is 11.5 Å².